The number of carbonyl (C=O) groups is 1. The van der Waals surface area contributed by atoms with Gasteiger partial charge in [0.15, 0.2) is 5.82 Å². The fraction of sp³-hybridized carbons (Fsp3) is 0.111. The number of hydrogen-bond donors (Lipinski definition) is 1. The Kier molecular flexibility index (Phi) is 1.98. The van der Waals surface area contributed by atoms with E-state index in [1.165, 1.54) is 18.5 Å². The molecule has 0 aliphatic carbocycles. The third-order valence-corrected chi connectivity index (χ3v) is 2.50. The fourth-order valence-electron chi connectivity index (χ4n) is 1.14. The molecule has 1 heterocycles. The predicted octanol–water partition coefficient (Wildman–Crippen LogP) is 2.25. The van der Waals surface area contributed by atoms with E-state index in [-0.39, 0.29) is 5.91 Å². The maximum atomic E-state index is 10.8. The number of rotatable bonds is 1. The van der Waals surface area contributed by atoms with Crippen LogP contribution in [0, 0.1) is 0 Å². The molecule has 1 aromatic heterocycles. The minimum Gasteiger partial charge on any atom is -0.310 e. The summed E-state index contributed by atoms with van der Waals surface area (Å²) in [5.41, 5.74) is 0. The van der Waals surface area contributed by atoms with Gasteiger partial charge in [0.2, 0.25) is 5.91 Å². The Labute approximate surface area is 79.6 Å². The van der Waals surface area contributed by atoms with Crippen LogP contribution in [0.15, 0.2) is 24.3 Å². The molecule has 4 heteroatoms. The van der Waals surface area contributed by atoms with Crippen LogP contribution in [-0.2, 0) is 4.79 Å². The number of amides is 1. The number of nitrogens with zero attached hydrogens (tertiary/aromatic N) is 1. The highest BCUT2D eigenvalue weighted by molar-refractivity contribution is 7.13. The van der Waals surface area contributed by atoms with Crippen molar-refractivity contribution in [1.82, 2.24) is 4.37 Å². The molecule has 0 unspecified atom stereocenters. The molecule has 0 fully saturated rings. The van der Waals surface area contributed by atoms with E-state index in [1.54, 1.807) is 0 Å². The summed E-state index contributed by atoms with van der Waals surface area (Å²) in [5, 5.41) is 3.69. The van der Waals surface area contributed by atoms with Crippen molar-refractivity contribution in [1.29, 1.82) is 0 Å². The second-order valence-electron chi connectivity index (χ2n) is 2.71. The summed E-state index contributed by atoms with van der Waals surface area (Å²) in [4.78, 5) is 10.8. The van der Waals surface area contributed by atoms with E-state index in [4.69, 9.17) is 0 Å². The Morgan fingerprint density at radius 1 is 1.46 bits per heavy atom. The molecule has 0 spiro atoms. The molecular formula is C9H8N2OS. The average molecular weight is 192 g/mol. The number of hydrogen-bond acceptors (Lipinski definition) is 3. The molecule has 0 saturated heterocycles. The van der Waals surface area contributed by atoms with Gasteiger partial charge in [-0.15, -0.1) is 0 Å². The molecule has 0 aliphatic rings. The predicted molar refractivity (Wildman–Crippen MR) is 53.9 cm³/mol. The van der Waals surface area contributed by atoms with Gasteiger partial charge >= 0.3 is 0 Å². The Bertz CT molecular complexity index is 450. The largest absolute Gasteiger partial charge is 0.310 e. The van der Waals surface area contributed by atoms with Gasteiger partial charge in [-0.3, -0.25) is 4.79 Å². The molecule has 66 valence electrons. The van der Waals surface area contributed by atoms with E-state index in [2.05, 4.69) is 9.69 Å². The zero-order valence-electron chi connectivity index (χ0n) is 7.07. The smallest absolute Gasteiger partial charge is 0.222 e. The zero-order chi connectivity index (χ0) is 9.26. The van der Waals surface area contributed by atoms with Crippen LogP contribution in [0.25, 0.3) is 10.1 Å². The number of carbonyl (C=O) groups excluding carboxylic acids is 1. The van der Waals surface area contributed by atoms with E-state index >= 15 is 0 Å². The van der Waals surface area contributed by atoms with Crippen molar-refractivity contribution in [2.24, 2.45) is 0 Å². The van der Waals surface area contributed by atoms with Gasteiger partial charge < -0.3 is 5.32 Å². The first kappa shape index (κ1) is 8.19. The summed E-state index contributed by atoms with van der Waals surface area (Å²) >= 11 is 1.39. The van der Waals surface area contributed by atoms with Crippen LogP contribution in [0.1, 0.15) is 6.92 Å². The standard InChI is InChI=1S/C9H8N2OS/c1-6(12)10-9-7-4-2-3-5-8(7)13-11-9/h2-5H,1H3,(H,10,11,12). The topological polar surface area (TPSA) is 42.0 Å². The third kappa shape index (κ3) is 1.53. The molecule has 0 saturated carbocycles. The lowest BCUT2D eigenvalue weighted by Crippen LogP contribution is -2.05. The zero-order valence-corrected chi connectivity index (χ0v) is 7.89. The Morgan fingerprint density at radius 2 is 2.23 bits per heavy atom. The Morgan fingerprint density at radius 3 is 3.00 bits per heavy atom. The lowest BCUT2D eigenvalue weighted by molar-refractivity contribution is -0.114. The number of fused-ring (bicyclic) bond motifs is 1. The third-order valence-electron chi connectivity index (χ3n) is 1.67. The fourth-order valence-corrected chi connectivity index (χ4v) is 1.88. The van der Waals surface area contributed by atoms with Crippen molar-refractivity contribution >= 4 is 33.3 Å². The normalized spacial score (nSPS) is 10.2. The lowest BCUT2D eigenvalue weighted by Gasteiger charge is -1.95. The Hall–Kier alpha value is -1.42. The second-order valence-corrected chi connectivity index (χ2v) is 3.51. The van der Waals surface area contributed by atoms with Crippen molar-refractivity contribution in [3.63, 3.8) is 0 Å². The first-order chi connectivity index (χ1) is 6.27. The SMILES string of the molecule is CC(=O)Nc1nsc2ccccc12. The highest BCUT2D eigenvalue weighted by Crippen LogP contribution is 2.25. The van der Waals surface area contributed by atoms with Gasteiger partial charge in [0.05, 0.1) is 4.70 Å². The molecule has 2 aromatic rings. The molecule has 1 amide bonds. The highest BCUT2D eigenvalue weighted by Gasteiger charge is 2.05. The molecule has 1 N–H and O–H groups in total. The van der Waals surface area contributed by atoms with Crippen LogP contribution < -0.4 is 5.32 Å². The first-order valence-electron chi connectivity index (χ1n) is 3.89. The van der Waals surface area contributed by atoms with Crippen molar-refractivity contribution < 1.29 is 4.79 Å². The van der Waals surface area contributed by atoms with E-state index in [0.717, 1.165) is 10.1 Å². The molecule has 0 aliphatic heterocycles. The molecule has 0 bridgehead atoms. The summed E-state index contributed by atoms with van der Waals surface area (Å²) in [6.07, 6.45) is 0. The van der Waals surface area contributed by atoms with Gasteiger partial charge in [0.25, 0.3) is 0 Å². The van der Waals surface area contributed by atoms with Crippen LogP contribution in [0.3, 0.4) is 0 Å². The van der Waals surface area contributed by atoms with Gasteiger partial charge in [0, 0.05) is 12.3 Å². The summed E-state index contributed by atoms with van der Waals surface area (Å²) in [6.45, 7) is 1.48. The molecule has 13 heavy (non-hydrogen) atoms. The summed E-state index contributed by atoms with van der Waals surface area (Å²) in [6, 6.07) is 7.82. The number of anilines is 1. The van der Waals surface area contributed by atoms with E-state index in [9.17, 15) is 4.79 Å². The minimum absolute atomic E-state index is 0.0870. The van der Waals surface area contributed by atoms with Gasteiger partial charge in [-0.05, 0) is 23.7 Å². The average Bonchev–Trinajstić information content (AvgIpc) is 2.48. The quantitative estimate of drug-likeness (QED) is 0.753. The minimum atomic E-state index is -0.0870. The number of nitrogens with one attached hydrogen (secondary N) is 1. The first-order valence-corrected chi connectivity index (χ1v) is 4.67. The van der Waals surface area contributed by atoms with Crippen molar-refractivity contribution in [2.45, 2.75) is 6.92 Å². The van der Waals surface area contributed by atoms with E-state index in [0.29, 0.717) is 5.82 Å². The van der Waals surface area contributed by atoms with Gasteiger partial charge in [-0.25, -0.2) is 0 Å². The molecule has 3 nitrogen and oxygen atoms in total. The molecule has 0 atom stereocenters. The van der Waals surface area contributed by atoms with Crippen LogP contribution in [0.5, 0.6) is 0 Å². The lowest BCUT2D eigenvalue weighted by atomic mass is 10.2. The molecular weight excluding hydrogens is 184 g/mol. The molecule has 1 aromatic carbocycles. The van der Waals surface area contributed by atoms with Gasteiger partial charge in [-0.1, -0.05) is 12.1 Å². The van der Waals surface area contributed by atoms with Crippen molar-refractivity contribution in [3.8, 4) is 0 Å². The second kappa shape index (κ2) is 3.14. The van der Waals surface area contributed by atoms with E-state index < -0.39 is 0 Å². The monoisotopic (exact) mass is 192 g/mol. The Balaban J connectivity index is 2.51. The summed E-state index contributed by atoms with van der Waals surface area (Å²) < 4.78 is 5.23. The van der Waals surface area contributed by atoms with Crippen LogP contribution in [0.2, 0.25) is 0 Å². The van der Waals surface area contributed by atoms with E-state index in [1.807, 2.05) is 24.3 Å². The van der Waals surface area contributed by atoms with Crippen molar-refractivity contribution in [3.05, 3.63) is 24.3 Å². The molecule has 0 radical (unpaired) electrons. The maximum Gasteiger partial charge on any atom is 0.222 e. The summed E-state index contributed by atoms with van der Waals surface area (Å²) in [7, 11) is 0. The van der Waals surface area contributed by atoms with Gasteiger partial charge in [0.1, 0.15) is 0 Å². The van der Waals surface area contributed by atoms with Crippen LogP contribution in [-0.4, -0.2) is 10.3 Å². The summed E-state index contributed by atoms with van der Waals surface area (Å²) in [5.74, 6) is 0.573. The van der Waals surface area contributed by atoms with Crippen LogP contribution >= 0.6 is 11.5 Å². The number of benzene rings is 1. The highest BCUT2D eigenvalue weighted by atomic mass is 32.1. The number of aromatic nitrogens is 1. The van der Waals surface area contributed by atoms with Crippen molar-refractivity contribution in [2.75, 3.05) is 5.32 Å². The van der Waals surface area contributed by atoms with Crippen LogP contribution in [0.4, 0.5) is 5.82 Å². The molecule has 2 rings (SSSR count). The van der Waals surface area contributed by atoms with Gasteiger partial charge in [-0.2, -0.15) is 4.37 Å². The maximum absolute atomic E-state index is 10.8.